The Morgan fingerprint density at radius 1 is 1.19 bits per heavy atom. The summed E-state index contributed by atoms with van der Waals surface area (Å²) in [6.07, 6.45) is 6.27. The van der Waals surface area contributed by atoms with Crippen LogP contribution in [0.15, 0.2) is 0 Å². The molecule has 0 radical (unpaired) electrons. The lowest BCUT2D eigenvalue weighted by molar-refractivity contribution is -0.130. The Morgan fingerprint density at radius 3 is 2.62 bits per heavy atom. The number of amides is 2. The van der Waals surface area contributed by atoms with Gasteiger partial charge in [0.1, 0.15) is 0 Å². The standard InChI is InChI=1S/C16H29N3O2/c1-3-4-9-17-16(21)13-6-5-12(2)19(10-13)11-15(20)18-14-7-8-14/h12-14H,3-11H2,1-2H3,(H,17,21)(H,18,20). The van der Waals surface area contributed by atoms with Gasteiger partial charge in [-0.2, -0.15) is 0 Å². The number of rotatable bonds is 7. The van der Waals surface area contributed by atoms with Crippen molar-refractivity contribution in [2.24, 2.45) is 5.92 Å². The summed E-state index contributed by atoms with van der Waals surface area (Å²) in [5.74, 6) is 0.297. The summed E-state index contributed by atoms with van der Waals surface area (Å²) in [5, 5.41) is 6.04. The highest BCUT2D eigenvalue weighted by Gasteiger charge is 2.31. The Labute approximate surface area is 127 Å². The van der Waals surface area contributed by atoms with Crippen molar-refractivity contribution in [3.63, 3.8) is 0 Å². The molecule has 1 saturated heterocycles. The van der Waals surface area contributed by atoms with E-state index in [-0.39, 0.29) is 17.7 Å². The molecular weight excluding hydrogens is 266 g/mol. The number of unbranched alkanes of at least 4 members (excludes halogenated alkanes) is 1. The molecule has 0 aromatic heterocycles. The van der Waals surface area contributed by atoms with E-state index in [1.54, 1.807) is 0 Å². The quantitative estimate of drug-likeness (QED) is 0.696. The van der Waals surface area contributed by atoms with E-state index < -0.39 is 0 Å². The molecule has 1 aliphatic carbocycles. The van der Waals surface area contributed by atoms with E-state index in [1.165, 1.54) is 0 Å². The average molecular weight is 295 g/mol. The van der Waals surface area contributed by atoms with Gasteiger partial charge in [-0.1, -0.05) is 13.3 Å². The van der Waals surface area contributed by atoms with Gasteiger partial charge in [-0.3, -0.25) is 14.5 Å². The molecule has 2 N–H and O–H groups in total. The third kappa shape index (κ3) is 5.30. The second-order valence-electron chi connectivity index (χ2n) is 6.54. The number of carbonyl (C=O) groups excluding carboxylic acids is 2. The lowest BCUT2D eigenvalue weighted by Crippen LogP contribution is -2.50. The summed E-state index contributed by atoms with van der Waals surface area (Å²) in [6.45, 7) is 6.17. The molecule has 0 bridgehead atoms. The fourth-order valence-corrected chi connectivity index (χ4v) is 2.83. The molecule has 2 unspecified atom stereocenters. The Balaban J connectivity index is 1.77. The molecule has 1 heterocycles. The van der Waals surface area contributed by atoms with Gasteiger partial charge >= 0.3 is 0 Å². The van der Waals surface area contributed by atoms with E-state index in [2.05, 4.69) is 29.4 Å². The zero-order valence-corrected chi connectivity index (χ0v) is 13.4. The summed E-state index contributed by atoms with van der Waals surface area (Å²) in [5.41, 5.74) is 0. The lowest BCUT2D eigenvalue weighted by atomic mass is 9.92. The van der Waals surface area contributed by atoms with Crippen LogP contribution in [0.3, 0.4) is 0 Å². The van der Waals surface area contributed by atoms with E-state index in [0.717, 1.165) is 45.1 Å². The van der Waals surface area contributed by atoms with Gasteiger partial charge in [0.05, 0.1) is 12.5 Å². The highest BCUT2D eigenvalue weighted by molar-refractivity contribution is 5.80. The van der Waals surface area contributed by atoms with Crippen molar-refractivity contribution in [2.45, 2.75) is 64.5 Å². The normalized spacial score (nSPS) is 26.4. The Hall–Kier alpha value is -1.10. The Bertz CT molecular complexity index is 369. The maximum absolute atomic E-state index is 12.2. The number of likely N-dealkylation sites (tertiary alicyclic amines) is 1. The molecule has 5 heteroatoms. The number of nitrogens with zero attached hydrogens (tertiary/aromatic N) is 1. The maximum atomic E-state index is 12.2. The van der Waals surface area contributed by atoms with Crippen LogP contribution in [0.25, 0.3) is 0 Å². The van der Waals surface area contributed by atoms with Crippen LogP contribution in [0, 0.1) is 5.92 Å². The van der Waals surface area contributed by atoms with Crippen LogP contribution in [0.1, 0.15) is 52.4 Å². The predicted octanol–water partition coefficient (Wildman–Crippen LogP) is 1.28. The second kappa shape index (κ2) is 7.78. The van der Waals surface area contributed by atoms with Crippen molar-refractivity contribution in [1.29, 1.82) is 0 Å². The minimum Gasteiger partial charge on any atom is -0.356 e. The molecular formula is C16H29N3O2. The molecule has 5 nitrogen and oxygen atoms in total. The molecule has 2 amide bonds. The third-order valence-corrected chi connectivity index (χ3v) is 4.50. The number of hydrogen-bond acceptors (Lipinski definition) is 3. The van der Waals surface area contributed by atoms with Gasteiger partial charge in [-0.25, -0.2) is 0 Å². The fraction of sp³-hybridized carbons (Fsp3) is 0.875. The van der Waals surface area contributed by atoms with Gasteiger partial charge < -0.3 is 10.6 Å². The molecule has 0 aromatic rings. The first-order valence-corrected chi connectivity index (χ1v) is 8.41. The average Bonchev–Trinajstić information content (AvgIpc) is 3.25. The van der Waals surface area contributed by atoms with Crippen LogP contribution in [-0.4, -0.2) is 48.4 Å². The molecule has 2 fully saturated rings. The Morgan fingerprint density at radius 2 is 1.95 bits per heavy atom. The molecule has 2 aliphatic rings. The first-order chi connectivity index (χ1) is 10.1. The van der Waals surface area contributed by atoms with Crippen LogP contribution < -0.4 is 10.6 Å². The Kier molecular flexibility index (Phi) is 6.03. The smallest absolute Gasteiger partial charge is 0.234 e. The minimum atomic E-state index is 0.0341. The van der Waals surface area contributed by atoms with Crippen LogP contribution in [-0.2, 0) is 9.59 Å². The van der Waals surface area contributed by atoms with E-state index in [4.69, 9.17) is 0 Å². The first-order valence-electron chi connectivity index (χ1n) is 8.41. The maximum Gasteiger partial charge on any atom is 0.234 e. The monoisotopic (exact) mass is 295 g/mol. The number of carbonyl (C=O) groups is 2. The van der Waals surface area contributed by atoms with E-state index in [0.29, 0.717) is 25.2 Å². The van der Waals surface area contributed by atoms with E-state index in [9.17, 15) is 9.59 Å². The van der Waals surface area contributed by atoms with Crippen molar-refractivity contribution in [2.75, 3.05) is 19.6 Å². The van der Waals surface area contributed by atoms with Gasteiger partial charge in [0.2, 0.25) is 11.8 Å². The van der Waals surface area contributed by atoms with Crippen molar-refractivity contribution in [1.82, 2.24) is 15.5 Å². The number of piperidine rings is 1. The molecule has 21 heavy (non-hydrogen) atoms. The summed E-state index contributed by atoms with van der Waals surface area (Å²) in [7, 11) is 0. The highest BCUT2D eigenvalue weighted by atomic mass is 16.2. The molecule has 0 spiro atoms. The molecule has 1 saturated carbocycles. The molecule has 0 aromatic carbocycles. The van der Waals surface area contributed by atoms with Crippen molar-refractivity contribution in [3.8, 4) is 0 Å². The SMILES string of the molecule is CCCCNC(=O)C1CCC(C)N(CC(=O)NC2CC2)C1. The summed E-state index contributed by atoms with van der Waals surface area (Å²) >= 11 is 0. The minimum absolute atomic E-state index is 0.0341. The second-order valence-corrected chi connectivity index (χ2v) is 6.54. The summed E-state index contributed by atoms with van der Waals surface area (Å²) in [6, 6.07) is 0.792. The lowest BCUT2D eigenvalue weighted by Gasteiger charge is -2.36. The summed E-state index contributed by atoms with van der Waals surface area (Å²) in [4.78, 5) is 26.3. The third-order valence-electron chi connectivity index (χ3n) is 4.50. The highest BCUT2D eigenvalue weighted by Crippen LogP contribution is 2.22. The van der Waals surface area contributed by atoms with Crippen LogP contribution in [0.2, 0.25) is 0 Å². The largest absolute Gasteiger partial charge is 0.356 e. The van der Waals surface area contributed by atoms with Gasteiger partial charge in [0, 0.05) is 25.2 Å². The van der Waals surface area contributed by atoms with Crippen molar-refractivity contribution >= 4 is 11.8 Å². The number of hydrogen-bond donors (Lipinski definition) is 2. The molecule has 1 aliphatic heterocycles. The zero-order valence-electron chi connectivity index (χ0n) is 13.4. The van der Waals surface area contributed by atoms with E-state index in [1.807, 2.05) is 0 Å². The van der Waals surface area contributed by atoms with Gasteiger partial charge in [-0.05, 0) is 39.0 Å². The van der Waals surface area contributed by atoms with Crippen molar-refractivity contribution in [3.05, 3.63) is 0 Å². The van der Waals surface area contributed by atoms with Gasteiger partial charge in [0.25, 0.3) is 0 Å². The molecule has 2 atom stereocenters. The molecule has 120 valence electrons. The van der Waals surface area contributed by atoms with Crippen molar-refractivity contribution < 1.29 is 9.59 Å². The van der Waals surface area contributed by atoms with Gasteiger partial charge in [0.15, 0.2) is 0 Å². The van der Waals surface area contributed by atoms with Crippen LogP contribution in [0.5, 0.6) is 0 Å². The first kappa shape index (κ1) is 16.3. The fourth-order valence-electron chi connectivity index (χ4n) is 2.83. The van der Waals surface area contributed by atoms with Crippen LogP contribution >= 0.6 is 0 Å². The van der Waals surface area contributed by atoms with Gasteiger partial charge in [-0.15, -0.1) is 0 Å². The summed E-state index contributed by atoms with van der Waals surface area (Å²) < 4.78 is 0. The number of nitrogens with one attached hydrogen (secondary N) is 2. The topological polar surface area (TPSA) is 61.4 Å². The zero-order chi connectivity index (χ0) is 15.2. The van der Waals surface area contributed by atoms with E-state index >= 15 is 0 Å². The molecule has 2 rings (SSSR count). The predicted molar refractivity (Wildman–Crippen MR) is 82.8 cm³/mol. The van der Waals surface area contributed by atoms with Crippen LogP contribution in [0.4, 0.5) is 0 Å².